The zero-order valence-electron chi connectivity index (χ0n) is 20.0. The van der Waals surface area contributed by atoms with Crippen LogP contribution < -0.4 is 9.26 Å². The Bertz CT molecular complexity index is 1340. The van der Waals surface area contributed by atoms with Crippen molar-refractivity contribution in [3.63, 3.8) is 0 Å². The fraction of sp³-hybridized carbons (Fsp3) is 0.261. The molecule has 0 aliphatic heterocycles. The van der Waals surface area contributed by atoms with Gasteiger partial charge < -0.3 is 19.1 Å². The lowest BCUT2D eigenvalue weighted by molar-refractivity contribution is -0.149. The van der Waals surface area contributed by atoms with Gasteiger partial charge in [-0.25, -0.2) is 9.55 Å². The summed E-state index contributed by atoms with van der Waals surface area (Å²) in [7, 11) is -4.64. The van der Waals surface area contributed by atoms with Gasteiger partial charge in [0.15, 0.2) is 5.16 Å². The number of halogens is 2. The number of fused-ring (bicyclic) bond motifs is 1. The molecule has 3 aromatic rings. The molecule has 39 heavy (non-hydrogen) atoms. The van der Waals surface area contributed by atoms with Crippen LogP contribution in [0.2, 0.25) is 10.0 Å². The fourth-order valence-corrected chi connectivity index (χ4v) is 5.41. The summed E-state index contributed by atoms with van der Waals surface area (Å²) in [6.07, 6.45) is 5.50. The molecule has 3 N–H and O–H groups in total. The van der Waals surface area contributed by atoms with Gasteiger partial charge in [-0.3, -0.25) is 24.4 Å². The molecule has 1 aliphatic carbocycles. The molecule has 0 saturated carbocycles. The van der Waals surface area contributed by atoms with Crippen LogP contribution in [0.4, 0.5) is 0 Å². The minimum Gasteiger partial charge on any atom is -0.483 e. The number of thioether (sulfide) groups is 1. The first-order chi connectivity index (χ1) is 18.6. The molecule has 0 amide bonds. The number of esters is 1. The molecule has 4 rings (SSSR count). The Morgan fingerprint density at radius 3 is 2.41 bits per heavy atom. The lowest BCUT2D eigenvalue weighted by atomic mass is 10.1. The minimum absolute atomic E-state index is 0.0106. The van der Waals surface area contributed by atoms with Crippen LogP contribution in [0, 0.1) is 0 Å². The van der Waals surface area contributed by atoms with Crippen LogP contribution in [-0.4, -0.2) is 49.1 Å². The van der Waals surface area contributed by atoms with E-state index in [1.807, 2.05) is 0 Å². The molecule has 16 heteroatoms. The molecule has 1 aliphatic rings. The number of benzene rings is 1. The molecule has 1 aromatic carbocycles. The second-order valence-corrected chi connectivity index (χ2v) is 10.7. The van der Waals surface area contributed by atoms with Crippen LogP contribution in [0.15, 0.2) is 41.8 Å². The lowest BCUT2D eigenvalue weighted by Crippen LogP contribution is -2.14. The number of carbonyl (C=O) groups is 2. The van der Waals surface area contributed by atoms with Crippen LogP contribution in [0.1, 0.15) is 28.8 Å². The van der Waals surface area contributed by atoms with Crippen molar-refractivity contribution in [3.8, 4) is 11.6 Å². The zero-order valence-corrected chi connectivity index (χ0v) is 23.3. The molecule has 0 unspecified atom stereocenters. The van der Waals surface area contributed by atoms with Crippen molar-refractivity contribution in [3.05, 3.63) is 69.1 Å². The van der Waals surface area contributed by atoms with Crippen LogP contribution in [-0.2, 0) is 43.9 Å². The highest BCUT2D eigenvalue weighted by molar-refractivity contribution is 7.98. The Morgan fingerprint density at radius 1 is 1.10 bits per heavy atom. The third-order valence-electron chi connectivity index (χ3n) is 5.08. The number of phosphoric acid groups is 1. The molecule has 0 saturated heterocycles. The van der Waals surface area contributed by atoms with Gasteiger partial charge in [-0.1, -0.05) is 47.1 Å². The summed E-state index contributed by atoms with van der Waals surface area (Å²) in [5.74, 6) is 0.272. The summed E-state index contributed by atoms with van der Waals surface area (Å²) in [4.78, 5) is 51.3. The van der Waals surface area contributed by atoms with E-state index in [9.17, 15) is 9.36 Å². The van der Waals surface area contributed by atoms with Crippen LogP contribution in [0.5, 0.6) is 11.6 Å². The Hall–Kier alpha value is -2.93. The molecular formula is C23H22Cl2N3O9PS. The van der Waals surface area contributed by atoms with Gasteiger partial charge in [-0.2, -0.15) is 4.98 Å². The molecule has 0 bridgehead atoms. The summed E-state index contributed by atoms with van der Waals surface area (Å²) < 4.78 is 26.2. The molecule has 0 spiro atoms. The van der Waals surface area contributed by atoms with E-state index in [4.69, 9.17) is 52.4 Å². The van der Waals surface area contributed by atoms with Crippen LogP contribution in [0.3, 0.4) is 0 Å². The smallest absolute Gasteiger partial charge is 0.483 e. The normalized spacial score (nSPS) is 12.1. The van der Waals surface area contributed by atoms with Gasteiger partial charge in [0.1, 0.15) is 5.75 Å². The number of hydrogen-bond acceptors (Lipinski definition) is 10. The van der Waals surface area contributed by atoms with Gasteiger partial charge in [0.25, 0.3) is 6.47 Å². The van der Waals surface area contributed by atoms with Crippen molar-refractivity contribution in [2.24, 2.45) is 0 Å². The highest BCUT2D eigenvalue weighted by Gasteiger charge is 2.22. The van der Waals surface area contributed by atoms with E-state index in [-0.39, 0.29) is 25.4 Å². The molecule has 12 nitrogen and oxygen atoms in total. The summed E-state index contributed by atoms with van der Waals surface area (Å²) in [5, 5.41) is 8.31. The van der Waals surface area contributed by atoms with Crippen molar-refractivity contribution in [1.82, 2.24) is 15.0 Å². The molecule has 2 heterocycles. The van der Waals surface area contributed by atoms with E-state index in [0.29, 0.717) is 32.4 Å². The Morgan fingerprint density at radius 2 is 1.77 bits per heavy atom. The molecule has 0 fully saturated rings. The van der Waals surface area contributed by atoms with Crippen LogP contribution in [0.25, 0.3) is 0 Å². The monoisotopic (exact) mass is 617 g/mol. The predicted octanol–water partition coefficient (Wildman–Crippen LogP) is 4.25. The van der Waals surface area contributed by atoms with Crippen molar-refractivity contribution in [1.29, 1.82) is 0 Å². The first-order valence-electron chi connectivity index (χ1n) is 11.1. The summed E-state index contributed by atoms with van der Waals surface area (Å²) in [6.45, 7) is -0.576. The van der Waals surface area contributed by atoms with Gasteiger partial charge in [0, 0.05) is 29.3 Å². The average Bonchev–Trinajstić information content (AvgIpc) is 3.34. The maximum Gasteiger partial charge on any atom is 0.524 e. The number of aryl methyl sites for hydroxylation is 1. The second-order valence-electron chi connectivity index (χ2n) is 7.75. The van der Waals surface area contributed by atoms with E-state index in [1.165, 1.54) is 48.4 Å². The first kappa shape index (κ1) is 30.6. The van der Waals surface area contributed by atoms with Gasteiger partial charge in [0.05, 0.1) is 22.2 Å². The Labute approximate surface area is 236 Å². The topological polar surface area (TPSA) is 178 Å². The third kappa shape index (κ3) is 9.64. The van der Waals surface area contributed by atoms with E-state index < -0.39 is 13.8 Å². The minimum atomic E-state index is -4.64. The van der Waals surface area contributed by atoms with Crippen molar-refractivity contribution in [2.45, 2.75) is 36.6 Å². The maximum absolute atomic E-state index is 12.2. The SMILES string of the molecule is O=C(Cc1ccc(OP(=O)(O)O)cc1)OCOc1nc(SCc2c(Cl)cncc2Cl)nc2c1CCC2.O=CO. The van der Waals surface area contributed by atoms with Gasteiger partial charge in [-0.15, -0.1) is 0 Å². The second kappa shape index (κ2) is 14.5. The molecule has 0 atom stereocenters. The van der Waals surface area contributed by atoms with Crippen molar-refractivity contribution < 1.29 is 43.0 Å². The Balaban J connectivity index is 0.00000134. The van der Waals surface area contributed by atoms with Crippen molar-refractivity contribution >= 4 is 55.2 Å². The first-order valence-corrected chi connectivity index (χ1v) is 14.4. The quantitative estimate of drug-likeness (QED) is 0.0734. The predicted molar refractivity (Wildman–Crippen MR) is 141 cm³/mol. The number of carboxylic acid groups (broad SMARTS) is 1. The highest BCUT2D eigenvalue weighted by Crippen LogP contribution is 2.37. The number of aromatic nitrogens is 3. The number of rotatable bonds is 10. The fourth-order valence-electron chi connectivity index (χ4n) is 3.45. The summed E-state index contributed by atoms with van der Waals surface area (Å²) in [5.41, 5.74) is 3.11. The molecular weight excluding hydrogens is 596 g/mol. The Kier molecular flexibility index (Phi) is 11.3. The number of hydrogen-bond donors (Lipinski definition) is 3. The standard InChI is InChI=1S/C22H20Cl2N3O7PS.CH2O2/c23-17-9-25-10-18(24)16(17)11-36-22-26-19-3-1-2-15(19)21(27-22)33-12-32-20(28)8-13-4-6-14(7-5-13)34-35(29,30)31;2-1-3/h4-7,9-10H,1-3,8,11-12H2,(H2,29,30,31);1H,(H,2,3). The summed E-state index contributed by atoms with van der Waals surface area (Å²) in [6, 6.07) is 5.73. The number of nitrogens with zero attached hydrogens (tertiary/aromatic N) is 3. The molecule has 2 aromatic heterocycles. The lowest BCUT2D eigenvalue weighted by Gasteiger charge is -2.12. The number of phosphoric ester groups is 1. The largest absolute Gasteiger partial charge is 0.524 e. The van der Waals surface area contributed by atoms with Gasteiger partial charge >= 0.3 is 13.8 Å². The van der Waals surface area contributed by atoms with Crippen LogP contribution >= 0.6 is 42.8 Å². The van der Waals surface area contributed by atoms with E-state index >= 15 is 0 Å². The maximum atomic E-state index is 12.2. The number of ether oxygens (including phenoxy) is 2. The molecule has 0 radical (unpaired) electrons. The van der Waals surface area contributed by atoms with Gasteiger partial charge in [-0.05, 0) is 37.0 Å². The highest BCUT2D eigenvalue weighted by atomic mass is 35.5. The van der Waals surface area contributed by atoms with E-state index in [2.05, 4.69) is 19.5 Å². The zero-order chi connectivity index (χ0) is 28.4. The average molecular weight is 618 g/mol. The molecule has 208 valence electrons. The number of carbonyl (C=O) groups excluding carboxylic acids is 1. The summed E-state index contributed by atoms with van der Waals surface area (Å²) >= 11 is 13.8. The van der Waals surface area contributed by atoms with Gasteiger partial charge in [0.2, 0.25) is 12.7 Å². The third-order valence-corrected chi connectivity index (χ3v) is 7.06. The van der Waals surface area contributed by atoms with E-state index in [1.54, 1.807) is 0 Å². The van der Waals surface area contributed by atoms with Crippen molar-refractivity contribution in [2.75, 3.05) is 6.79 Å². The number of pyridine rings is 1. The van der Waals surface area contributed by atoms with E-state index in [0.717, 1.165) is 36.1 Å².